The van der Waals surface area contributed by atoms with Gasteiger partial charge in [-0.25, -0.2) is 0 Å². The summed E-state index contributed by atoms with van der Waals surface area (Å²) in [5, 5.41) is 6.86. The van der Waals surface area contributed by atoms with E-state index in [1.807, 2.05) is 18.2 Å². The van der Waals surface area contributed by atoms with Gasteiger partial charge in [0.25, 0.3) is 5.91 Å². The summed E-state index contributed by atoms with van der Waals surface area (Å²) < 4.78 is 5.06. The zero-order valence-corrected chi connectivity index (χ0v) is 14.9. The van der Waals surface area contributed by atoms with Gasteiger partial charge in [-0.2, -0.15) is 0 Å². The summed E-state index contributed by atoms with van der Waals surface area (Å²) in [6, 6.07) is 10.3. The molecule has 5 nitrogen and oxygen atoms in total. The number of benzene rings is 1. The molecular weight excluding hydrogens is 314 g/mol. The molecule has 1 fully saturated rings. The Morgan fingerprint density at radius 2 is 2.16 bits per heavy atom. The third-order valence-electron chi connectivity index (χ3n) is 4.66. The number of nitrogens with zero attached hydrogens (tertiary/aromatic N) is 2. The van der Waals surface area contributed by atoms with Crippen LogP contribution in [-0.4, -0.2) is 42.1 Å². The first kappa shape index (κ1) is 17.4. The van der Waals surface area contributed by atoms with Crippen molar-refractivity contribution in [3.05, 3.63) is 59.0 Å². The smallest absolute Gasteiger partial charge is 0.256 e. The Morgan fingerprint density at radius 3 is 2.88 bits per heavy atom. The Labute approximate surface area is 148 Å². The number of nitrogens with one attached hydrogen (secondary N) is 1. The SMILES string of the molecule is Cc1noc(C)c1C(=O)NC[C@@H]1CCN(C/C=C/c2ccccc2)C1. The van der Waals surface area contributed by atoms with Gasteiger partial charge in [-0.3, -0.25) is 9.69 Å². The standard InChI is InChI=1S/C20H25N3O2/c1-15-19(16(2)25-22-15)20(24)21-13-18-10-12-23(14-18)11-6-9-17-7-4-3-5-8-17/h3-9,18H,10-14H2,1-2H3,(H,21,24)/b9-6+/t18-/m0/s1. The van der Waals surface area contributed by atoms with E-state index >= 15 is 0 Å². The van der Waals surface area contributed by atoms with Gasteiger partial charge in [-0.1, -0.05) is 47.6 Å². The Bertz CT molecular complexity index is 717. The number of carbonyl (C=O) groups excluding carboxylic acids is 1. The molecule has 5 heteroatoms. The molecule has 1 saturated heterocycles. The molecule has 0 radical (unpaired) electrons. The average Bonchev–Trinajstić information content (AvgIpc) is 3.20. The highest BCUT2D eigenvalue weighted by atomic mass is 16.5. The van der Waals surface area contributed by atoms with Crippen LogP contribution in [0.2, 0.25) is 0 Å². The van der Waals surface area contributed by atoms with Gasteiger partial charge in [0.15, 0.2) is 0 Å². The second-order valence-electron chi connectivity index (χ2n) is 6.64. The maximum Gasteiger partial charge on any atom is 0.256 e. The highest BCUT2D eigenvalue weighted by molar-refractivity contribution is 5.96. The minimum Gasteiger partial charge on any atom is -0.361 e. The number of hydrogen-bond acceptors (Lipinski definition) is 4. The van der Waals surface area contributed by atoms with Crippen molar-refractivity contribution in [2.45, 2.75) is 20.3 Å². The first-order chi connectivity index (χ1) is 12.1. The monoisotopic (exact) mass is 339 g/mol. The van der Waals surface area contributed by atoms with Crippen LogP contribution < -0.4 is 5.32 Å². The van der Waals surface area contributed by atoms with Gasteiger partial charge in [-0.05, 0) is 38.3 Å². The van der Waals surface area contributed by atoms with E-state index in [0.717, 1.165) is 26.1 Å². The second-order valence-corrected chi connectivity index (χ2v) is 6.64. The van der Waals surface area contributed by atoms with Crippen LogP contribution in [0.1, 0.15) is 33.8 Å². The average molecular weight is 339 g/mol. The zero-order chi connectivity index (χ0) is 17.6. The lowest BCUT2D eigenvalue weighted by Gasteiger charge is -2.14. The molecule has 0 spiro atoms. The van der Waals surface area contributed by atoms with Crippen molar-refractivity contribution in [3.8, 4) is 0 Å². The molecular formula is C20H25N3O2. The first-order valence-electron chi connectivity index (χ1n) is 8.78. The molecule has 1 N–H and O–H groups in total. The highest BCUT2D eigenvalue weighted by Gasteiger charge is 2.23. The van der Waals surface area contributed by atoms with Gasteiger partial charge < -0.3 is 9.84 Å². The maximum absolute atomic E-state index is 12.3. The summed E-state index contributed by atoms with van der Waals surface area (Å²) >= 11 is 0. The minimum atomic E-state index is -0.0846. The number of rotatable bonds is 6. The minimum absolute atomic E-state index is 0.0846. The van der Waals surface area contributed by atoms with Crippen LogP contribution in [0, 0.1) is 19.8 Å². The van der Waals surface area contributed by atoms with Crippen molar-refractivity contribution in [2.75, 3.05) is 26.2 Å². The molecule has 1 aliphatic rings. The summed E-state index contributed by atoms with van der Waals surface area (Å²) in [6.07, 6.45) is 5.48. The van der Waals surface area contributed by atoms with Crippen LogP contribution in [0.3, 0.4) is 0 Å². The fraction of sp³-hybridized carbons (Fsp3) is 0.400. The number of amides is 1. The lowest BCUT2D eigenvalue weighted by Crippen LogP contribution is -2.31. The molecule has 0 unspecified atom stereocenters. The van der Waals surface area contributed by atoms with E-state index in [4.69, 9.17) is 4.52 Å². The maximum atomic E-state index is 12.3. The normalized spacial score (nSPS) is 18.1. The van der Waals surface area contributed by atoms with E-state index in [0.29, 0.717) is 29.5 Å². The van der Waals surface area contributed by atoms with Gasteiger partial charge in [-0.15, -0.1) is 0 Å². The topological polar surface area (TPSA) is 58.4 Å². The third-order valence-corrected chi connectivity index (χ3v) is 4.66. The number of aromatic nitrogens is 1. The van der Waals surface area contributed by atoms with Crippen molar-refractivity contribution in [1.82, 2.24) is 15.4 Å². The lowest BCUT2D eigenvalue weighted by molar-refractivity contribution is 0.0945. The number of aryl methyl sites for hydroxylation is 2. The summed E-state index contributed by atoms with van der Waals surface area (Å²) in [4.78, 5) is 14.7. The Morgan fingerprint density at radius 1 is 1.36 bits per heavy atom. The van der Waals surface area contributed by atoms with E-state index in [-0.39, 0.29) is 5.91 Å². The molecule has 0 saturated carbocycles. The molecule has 132 valence electrons. The molecule has 1 aliphatic heterocycles. The quantitative estimate of drug-likeness (QED) is 0.879. The molecule has 1 aromatic heterocycles. The van der Waals surface area contributed by atoms with Gasteiger partial charge >= 0.3 is 0 Å². The summed E-state index contributed by atoms with van der Waals surface area (Å²) in [7, 11) is 0. The van der Waals surface area contributed by atoms with Crippen LogP contribution >= 0.6 is 0 Å². The molecule has 1 aromatic carbocycles. The molecule has 1 atom stereocenters. The van der Waals surface area contributed by atoms with E-state index < -0.39 is 0 Å². The Hall–Kier alpha value is -2.40. The lowest BCUT2D eigenvalue weighted by atomic mass is 10.1. The molecule has 25 heavy (non-hydrogen) atoms. The molecule has 1 amide bonds. The Balaban J connectivity index is 1.42. The van der Waals surface area contributed by atoms with E-state index in [1.54, 1.807) is 13.8 Å². The molecule has 0 aliphatic carbocycles. The van der Waals surface area contributed by atoms with E-state index in [2.05, 4.69) is 39.7 Å². The largest absolute Gasteiger partial charge is 0.361 e. The van der Waals surface area contributed by atoms with Gasteiger partial charge in [0.05, 0.1) is 5.69 Å². The predicted molar refractivity (Wildman–Crippen MR) is 98.3 cm³/mol. The molecule has 2 heterocycles. The van der Waals surface area contributed by atoms with Crippen LogP contribution in [0.4, 0.5) is 0 Å². The van der Waals surface area contributed by atoms with Crippen molar-refractivity contribution < 1.29 is 9.32 Å². The number of likely N-dealkylation sites (tertiary alicyclic amines) is 1. The molecule has 0 bridgehead atoms. The van der Waals surface area contributed by atoms with Crippen molar-refractivity contribution in [3.63, 3.8) is 0 Å². The van der Waals surface area contributed by atoms with E-state index in [1.165, 1.54) is 5.56 Å². The third kappa shape index (κ3) is 4.57. The van der Waals surface area contributed by atoms with Gasteiger partial charge in [0.2, 0.25) is 0 Å². The van der Waals surface area contributed by atoms with Crippen LogP contribution in [-0.2, 0) is 0 Å². The van der Waals surface area contributed by atoms with Crippen molar-refractivity contribution >= 4 is 12.0 Å². The summed E-state index contributed by atoms with van der Waals surface area (Å²) in [6.45, 7) is 7.30. The second kappa shape index (κ2) is 8.12. The predicted octanol–water partition coefficient (Wildman–Crippen LogP) is 3.06. The molecule has 3 rings (SSSR count). The fourth-order valence-corrected chi connectivity index (χ4v) is 3.28. The number of carbonyl (C=O) groups is 1. The fourth-order valence-electron chi connectivity index (χ4n) is 3.28. The van der Waals surface area contributed by atoms with Crippen molar-refractivity contribution in [1.29, 1.82) is 0 Å². The van der Waals surface area contributed by atoms with E-state index in [9.17, 15) is 4.79 Å². The number of hydrogen-bond donors (Lipinski definition) is 1. The van der Waals surface area contributed by atoms with Gasteiger partial charge in [0, 0.05) is 19.6 Å². The highest BCUT2D eigenvalue weighted by Crippen LogP contribution is 2.17. The Kier molecular flexibility index (Phi) is 5.66. The van der Waals surface area contributed by atoms with Crippen LogP contribution in [0.15, 0.2) is 40.9 Å². The van der Waals surface area contributed by atoms with Crippen LogP contribution in [0.25, 0.3) is 6.08 Å². The summed E-state index contributed by atoms with van der Waals surface area (Å²) in [5.41, 5.74) is 2.44. The van der Waals surface area contributed by atoms with Crippen LogP contribution in [0.5, 0.6) is 0 Å². The van der Waals surface area contributed by atoms with Crippen molar-refractivity contribution in [2.24, 2.45) is 5.92 Å². The van der Waals surface area contributed by atoms with Gasteiger partial charge in [0.1, 0.15) is 11.3 Å². The zero-order valence-electron chi connectivity index (χ0n) is 14.9. The summed E-state index contributed by atoms with van der Waals surface area (Å²) in [5.74, 6) is 0.988. The first-order valence-corrected chi connectivity index (χ1v) is 8.78. The molecule has 2 aromatic rings.